The van der Waals surface area contributed by atoms with E-state index in [-0.39, 0.29) is 13.0 Å². The van der Waals surface area contributed by atoms with Crippen molar-refractivity contribution in [3.8, 4) is 0 Å². The van der Waals surface area contributed by atoms with Crippen LogP contribution in [0, 0.1) is 11.6 Å². The van der Waals surface area contributed by atoms with E-state index < -0.39 is 41.5 Å². The molecule has 1 aliphatic rings. The number of hydrogen-bond acceptors (Lipinski definition) is 3. The molecule has 2 unspecified atom stereocenters. The number of hydrogen-bond donors (Lipinski definition) is 3. The van der Waals surface area contributed by atoms with Gasteiger partial charge in [0.2, 0.25) is 0 Å². The molecule has 6 nitrogen and oxygen atoms in total. The van der Waals surface area contributed by atoms with Crippen molar-refractivity contribution in [2.24, 2.45) is 0 Å². The van der Waals surface area contributed by atoms with Crippen molar-refractivity contribution < 1.29 is 28.6 Å². The van der Waals surface area contributed by atoms with Gasteiger partial charge in [-0.15, -0.1) is 0 Å². The fourth-order valence-electron chi connectivity index (χ4n) is 2.07. The van der Waals surface area contributed by atoms with Crippen LogP contribution in [-0.4, -0.2) is 45.8 Å². The van der Waals surface area contributed by atoms with Crippen LogP contribution < -0.4 is 5.32 Å². The minimum absolute atomic E-state index is 0.123. The molecule has 1 saturated heterocycles. The number of aliphatic carboxylic acids is 1. The van der Waals surface area contributed by atoms with Gasteiger partial charge in [-0.1, -0.05) is 6.07 Å². The minimum Gasteiger partial charge on any atom is -0.480 e. The molecule has 1 heterocycles. The molecule has 2 rings (SSSR count). The van der Waals surface area contributed by atoms with Crippen LogP contribution in [0.2, 0.25) is 0 Å². The number of aliphatic hydroxyl groups is 1. The summed E-state index contributed by atoms with van der Waals surface area (Å²) in [5.74, 6) is -3.22. The molecule has 0 bridgehead atoms. The number of nitrogens with zero attached hydrogens (tertiary/aromatic N) is 1. The molecular weight excluding hydrogens is 274 g/mol. The van der Waals surface area contributed by atoms with Crippen LogP contribution in [0.3, 0.4) is 0 Å². The molecule has 20 heavy (non-hydrogen) atoms. The lowest BCUT2D eigenvalue weighted by Gasteiger charge is -2.21. The Bertz CT molecular complexity index is 532. The second-order valence-corrected chi connectivity index (χ2v) is 4.42. The number of aliphatic hydroxyl groups excluding tert-OH is 1. The van der Waals surface area contributed by atoms with Crippen molar-refractivity contribution >= 4 is 17.7 Å². The van der Waals surface area contributed by atoms with Gasteiger partial charge in [-0.3, -0.25) is 0 Å². The SMILES string of the molecule is O=C(O)C1CC(O)CN1C(=O)Nc1c(F)cccc1F. The first-order chi connectivity index (χ1) is 9.40. The Kier molecular flexibility index (Phi) is 3.84. The van der Waals surface area contributed by atoms with Gasteiger partial charge < -0.3 is 20.4 Å². The number of β-amino-alcohol motifs (C(OH)–C–C–N with tert-alkyl or cyclic N) is 1. The summed E-state index contributed by atoms with van der Waals surface area (Å²) in [7, 11) is 0. The molecule has 0 spiro atoms. The lowest BCUT2D eigenvalue weighted by atomic mass is 10.2. The van der Waals surface area contributed by atoms with E-state index in [1.807, 2.05) is 5.32 Å². The third-order valence-electron chi connectivity index (χ3n) is 3.02. The number of rotatable bonds is 2. The smallest absolute Gasteiger partial charge is 0.326 e. The van der Waals surface area contributed by atoms with Crippen molar-refractivity contribution in [2.75, 3.05) is 11.9 Å². The van der Waals surface area contributed by atoms with E-state index in [2.05, 4.69) is 0 Å². The van der Waals surface area contributed by atoms with Crippen LogP contribution >= 0.6 is 0 Å². The molecule has 3 N–H and O–H groups in total. The monoisotopic (exact) mass is 286 g/mol. The zero-order chi connectivity index (χ0) is 14.9. The molecular formula is C12H12F2N2O4. The molecule has 108 valence electrons. The highest BCUT2D eigenvalue weighted by atomic mass is 19.1. The maximum atomic E-state index is 13.4. The van der Waals surface area contributed by atoms with Gasteiger partial charge in [0.15, 0.2) is 0 Å². The van der Waals surface area contributed by atoms with Gasteiger partial charge in [0, 0.05) is 13.0 Å². The van der Waals surface area contributed by atoms with Gasteiger partial charge in [0.1, 0.15) is 23.4 Å². The summed E-state index contributed by atoms with van der Waals surface area (Å²) in [6.07, 6.45) is -1.10. The van der Waals surface area contributed by atoms with E-state index in [1.54, 1.807) is 0 Å². The quantitative estimate of drug-likeness (QED) is 0.757. The molecule has 8 heteroatoms. The Balaban J connectivity index is 2.18. The predicted octanol–water partition coefficient (Wildman–Crippen LogP) is 1.02. The van der Waals surface area contributed by atoms with Gasteiger partial charge in [0.05, 0.1) is 6.10 Å². The van der Waals surface area contributed by atoms with E-state index in [0.29, 0.717) is 0 Å². The molecule has 0 saturated carbocycles. The van der Waals surface area contributed by atoms with Crippen molar-refractivity contribution in [1.29, 1.82) is 0 Å². The number of halogens is 2. The Hall–Kier alpha value is -2.22. The fourth-order valence-corrected chi connectivity index (χ4v) is 2.07. The van der Waals surface area contributed by atoms with Crippen molar-refractivity contribution in [1.82, 2.24) is 4.90 Å². The van der Waals surface area contributed by atoms with E-state index in [4.69, 9.17) is 5.11 Å². The van der Waals surface area contributed by atoms with Gasteiger partial charge in [-0.05, 0) is 12.1 Å². The Morgan fingerprint density at radius 3 is 2.45 bits per heavy atom. The molecule has 1 aliphatic heterocycles. The topological polar surface area (TPSA) is 89.9 Å². The summed E-state index contributed by atoms with van der Waals surface area (Å²) in [5.41, 5.74) is -0.650. The normalized spacial score (nSPS) is 21.9. The summed E-state index contributed by atoms with van der Waals surface area (Å²) >= 11 is 0. The number of para-hydroxylation sites is 1. The van der Waals surface area contributed by atoms with Crippen molar-refractivity contribution in [2.45, 2.75) is 18.6 Å². The van der Waals surface area contributed by atoms with E-state index >= 15 is 0 Å². The maximum absolute atomic E-state index is 13.4. The second-order valence-electron chi connectivity index (χ2n) is 4.42. The van der Waals surface area contributed by atoms with Gasteiger partial charge in [-0.2, -0.15) is 0 Å². The second kappa shape index (κ2) is 5.41. The number of carboxylic acids is 1. The average molecular weight is 286 g/mol. The number of carbonyl (C=O) groups excluding carboxylic acids is 1. The summed E-state index contributed by atoms with van der Waals surface area (Å²) in [6, 6.07) is 0.871. The Morgan fingerprint density at radius 1 is 1.30 bits per heavy atom. The van der Waals surface area contributed by atoms with Crippen LogP contribution in [0.1, 0.15) is 6.42 Å². The minimum atomic E-state index is -1.29. The van der Waals surface area contributed by atoms with Crippen LogP contribution in [0.4, 0.5) is 19.3 Å². The third kappa shape index (κ3) is 2.69. The number of anilines is 1. The molecule has 2 amide bonds. The van der Waals surface area contributed by atoms with Gasteiger partial charge in [-0.25, -0.2) is 18.4 Å². The number of amides is 2. The largest absolute Gasteiger partial charge is 0.480 e. The van der Waals surface area contributed by atoms with Crippen LogP contribution in [0.25, 0.3) is 0 Å². The molecule has 0 radical (unpaired) electrons. The standard InChI is InChI=1S/C12H12F2N2O4/c13-7-2-1-3-8(14)10(7)15-12(20)16-5-6(17)4-9(16)11(18)19/h1-3,6,9,17H,4-5H2,(H,15,20)(H,18,19). The van der Waals surface area contributed by atoms with Crippen LogP contribution in [0.15, 0.2) is 18.2 Å². The lowest BCUT2D eigenvalue weighted by Crippen LogP contribution is -2.43. The first-order valence-corrected chi connectivity index (χ1v) is 5.82. The first kappa shape index (κ1) is 14.2. The van der Waals surface area contributed by atoms with Gasteiger partial charge >= 0.3 is 12.0 Å². The number of benzene rings is 1. The van der Waals surface area contributed by atoms with Crippen molar-refractivity contribution in [3.05, 3.63) is 29.8 Å². The van der Waals surface area contributed by atoms with E-state index in [0.717, 1.165) is 23.1 Å². The Morgan fingerprint density at radius 2 is 1.90 bits per heavy atom. The lowest BCUT2D eigenvalue weighted by molar-refractivity contribution is -0.141. The van der Waals surface area contributed by atoms with E-state index in [1.165, 1.54) is 0 Å². The van der Waals surface area contributed by atoms with Gasteiger partial charge in [0.25, 0.3) is 0 Å². The molecule has 1 aromatic rings. The zero-order valence-electron chi connectivity index (χ0n) is 10.2. The third-order valence-corrected chi connectivity index (χ3v) is 3.02. The molecule has 2 atom stereocenters. The summed E-state index contributed by atoms with van der Waals surface area (Å²) in [5, 5.41) is 20.3. The summed E-state index contributed by atoms with van der Waals surface area (Å²) < 4.78 is 26.8. The van der Waals surface area contributed by atoms with E-state index in [9.17, 15) is 23.5 Å². The maximum Gasteiger partial charge on any atom is 0.326 e. The zero-order valence-corrected chi connectivity index (χ0v) is 10.2. The first-order valence-electron chi connectivity index (χ1n) is 5.82. The number of nitrogens with one attached hydrogen (secondary N) is 1. The predicted molar refractivity (Wildman–Crippen MR) is 64.1 cm³/mol. The number of urea groups is 1. The van der Waals surface area contributed by atoms with Crippen molar-refractivity contribution in [3.63, 3.8) is 0 Å². The number of carbonyl (C=O) groups is 2. The number of carboxylic acid groups (broad SMARTS) is 1. The van der Waals surface area contributed by atoms with Crippen LogP contribution in [-0.2, 0) is 4.79 Å². The molecule has 0 aliphatic carbocycles. The summed E-state index contributed by atoms with van der Waals surface area (Å²) in [6.45, 7) is -0.209. The Labute approximate surface area is 112 Å². The molecule has 1 fully saturated rings. The fraction of sp³-hybridized carbons (Fsp3) is 0.333. The highest BCUT2D eigenvalue weighted by Gasteiger charge is 2.39. The van der Waals surface area contributed by atoms with Crippen LogP contribution in [0.5, 0.6) is 0 Å². The highest BCUT2D eigenvalue weighted by molar-refractivity contribution is 5.93. The number of likely N-dealkylation sites (tertiary alicyclic amines) is 1. The highest BCUT2D eigenvalue weighted by Crippen LogP contribution is 2.22. The average Bonchev–Trinajstić information content (AvgIpc) is 2.76. The molecule has 0 aromatic heterocycles. The molecule has 1 aromatic carbocycles. The summed E-state index contributed by atoms with van der Waals surface area (Å²) in [4.78, 5) is 23.7.